The number of benzene rings is 3. The van der Waals surface area contributed by atoms with E-state index in [-0.39, 0.29) is 5.91 Å². The summed E-state index contributed by atoms with van der Waals surface area (Å²) in [5, 5.41) is 0.670. The van der Waals surface area contributed by atoms with Crippen LogP contribution < -0.4 is 0 Å². The molecular weight excluding hydrogens is 430 g/mol. The van der Waals surface area contributed by atoms with Gasteiger partial charge in [-0.25, -0.2) is 4.98 Å². The molecule has 0 radical (unpaired) electrons. The zero-order chi connectivity index (χ0) is 22.6. The smallest absolute Gasteiger partial charge is 0.257 e. The van der Waals surface area contributed by atoms with Gasteiger partial charge < -0.3 is 9.32 Å². The van der Waals surface area contributed by atoms with Gasteiger partial charge in [0.15, 0.2) is 5.58 Å². The first-order valence-electron chi connectivity index (χ1n) is 11.3. The number of hydrogen-bond donors (Lipinski definition) is 0. The molecule has 6 heteroatoms. The summed E-state index contributed by atoms with van der Waals surface area (Å²) in [6, 6.07) is 24.4. The van der Waals surface area contributed by atoms with Crippen molar-refractivity contribution in [1.29, 1.82) is 0 Å². The van der Waals surface area contributed by atoms with Gasteiger partial charge >= 0.3 is 0 Å². The Balaban J connectivity index is 1.13. The molecule has 0 aliphatic carbocycles. The van der Waals surface area contributed by atoms with Gasteiger partial charge in [0.1, 0.15) is 5.52 Å². The highest BCUT2D eigenvalue weighted by atomic mass is 32.2. The Kier molecular flexibility index (Phi) is 6.46. The van der Waals surface area contributed by atoms with E-state index in [1.165, 1.54) is 11.1 Å². The zero-order valence-electron chi connectivity index (χ0n) is 18.7. The molecule has 1 fully saturated rings. The highest BCUT2D eigenvalue weighted by Gasteiger charge is 2.22. The molecule has 1 aliphatic rings. The monoisotopic (exact) mass is 457 g/mol. The molecule has 1 aromatic heterocycles. The number of nitrogens with zero attached hydrogens (tertiary/aromatic N) is 3. The van der Waals surface area contributed by atoms with Crippen LogP contribution in [-0.4, -0.2) is 46.9 Å². The molecule has 0 spiro atoms. The van der Waals surface area contributed by atoms with E-state index in [0.717, 1.165) is 60.7 Å². The quantitative estimate of drug-likeness (QED) is 0.364. The first kappa shape index (κ1) is 21.7. The Hall–Kier alpha value is -3.09. The molecule has 2 heterocycles. The lowest BCUT2D eigenvalue weighted by Gasteiger charge is -2.34. The first-order valence-corrected chi connectivity index (χ1v) is 12.3. The molecule has 33 heavy (non-hydrogen) atoms. The van der Waals surface area contributed by atoms with Crippen LogP contribution >= 0.6 is 11.8 Å². The van der Waals surface area contributed by atoms with Gasteiger partial charge in [-0.05, 0) is 47.9 Å². The van der Waals surface area contributed by atoms with Crippen LogP contribution in [0.5, 0.6) is 0 Å². The van der Waals surface area contributed by atoms with Crippen LogP contribution in [0.4, 0.5) is 0 Å². The number of carbonyl (C=O) groups excluding carboxylic acids is 1. The fourth-order valence-electron chi connectivity index (χ4n) is 4.10. The number of oxazole rings is 1. The first-order chi connectivity index (χ1) is 16.1. The predicted molar refractivity (Wildman–Crippen MR) is 132 cm³/mol. The highest BCUT2D eigenvalue weighted by Crippen LogP contribution is 2.27. The van der Waals surface area contributed by atoms with Crippen LogP contribution in [0, 0.1) is 6.92 Å². The molecule has 1 amide bonds. The Labute approximate surface area is 198 Å². The number of rotatable bonds is 6. The molecule has 168 valence electrons. The summed E-state index contributed by atoms with van der Waals surface area (Å²) in [4.78, 5) is 21.9. The number of piperazine rings is 1. The molecule has 3 aromatic carbocycles. The molecule has 5 rings (SSSR count). The van der Waals surface area contributed by atoms with Crippen molar-refractivity contribution in [3.8, 4) is 0 Å². The minimum Gasteiger partial charge on any atom is -0.431 e. The van der Waals surface area contributed by atoms with Crippen molar-refractivity contribution >= 4 is 28.8 Å². The van der Waals surface area contributed by atoms with E-state index >= 15 is 0 Å². The minimum absolute atomic E-state index is 0.114. The van der Waals surface area contributed by atoms with E-state index in [1.807, 2.05) is 53.4 Å². The third-order valence-corrected chi connectivity index (χ3v) is 6.89. The van der Waals surface area contributed by atoms with Crippen molar-refractivity contribution in [2.45, 2.75) is 24.4 Å². The molecule has 0 saturated carbocycles. The maximum absolute atomic E-state index is 13.0. The van der Waals surface area contributed by atoms with Crippen LogP contribution in [0.25, 0.3) is 11.1 Å². The summed E-state index contributed by atoms with van der Waals surface area (Å²) in [6.45, 7) is 6.32. The Morgan fingerprint density at radius 3 is 2.45 bits per heavy atom. The molecule has 1 aliphatic heterocycles. The zero-order valence-corrected chi connectivity index (χ0v) is 19.6. The predicted octanol–water partition coefficient (Wildman–Crippen LogP) is 5.39. The Morgan fingerprint density at radius 1 is 0.939 bits per heavy atom. The van der Waals surface area contributed by atoms with Crippen molar-refractivity contribution in [3.05, 3.63) is 95.1 Å². The summed E-state index contributed by atoms with van der Waals surface area (Å²) < 4.78 is 5.82. The fraction of sp³-hybridized carbons (Fsp3) is 0.259. The average Bonchev–Trinajstić information content (AvgIpc) is 3.26. The van der Waals surface area contributed by atoms with E-state index in [2.05, 4.69) is 41.1 Å². The van der Waals surface area contributed by atoms with Crippen LogP contribution in [-0.2, 0) is 12.3 Å². The van der Waals surface area contributed by atoms with Crippen molar-refractivity contribution in [3.63, 3.8) is 0 Å². The Morgan fingerprint density at radius 2 is 1.70 bits per heavy atom. The summed E-state index contributed by atoms with van der Waals surface area (Å²) >= 11 is 1.57. The average molecular weight is 458 g/mol. The summed E-state index contributed by atoms with van der Waals surface area (Å²) in [5.41, 5.74) is 6.08. The van der Waals surface area contributed by atoms with Crippen molar-refractivity contribution in [2.75, 3.05) is 26.2 Å². The topological polar surface area (TPSA) is 49.6 Å². The molecule has 1 saturated heterocycles. The van der Waals surface area contributed by atoms with Crippen molar-refractivity contribution < 1.29 is 9.21 Å². The second-order valence-electron chi connectivity index (χ2n) is 8.49. The molecule has 0 bridgehead atoms. The number of fused-ring (bicyclic) bond motifs is 1. The van der Waals surface area contributed by atoms with Crippen molar-refractivity contribution in [2.24, 2.45) is 0 Å². The van der Waals surface area contributed by atoms with Gasteiger partial charge in [-0.15, -0.1) is 0 Å². The lowest BCUT2D eigenvalue weighted by Crippen LogP contribution is -2.48. The van der Waals surface area contributed by atoms with Gasteiger partial charge in [-0.1, -0.05) is 60.3 Å². The van der Waals surface area contributed by atoms with Crippen LogP contribution in [0.15, 0.2) is 82.4 Å². The van der Waals surface area contributed by atoms with E-state index in [4.69, 9.17) is 4.42 Å². The molecule has 0 N–H and O–H groups in total. The molecule has 5 nitrogen and oxygen atoms in total. The fourth-order valence-corrected chi connectivity index (χ4v) is 4.89. The normalized spacial score (nSPS) is 14.6. The largest absolute Gasteiger partial charge is 0.431 e. The van der Waals surface area contributed by atoms with Crippen molar-refractivity contribution in [1.82, 2.24) is 14.8 Å². The SMILES string of the molecule is Cc1ccc2oc(SCc3ccc(C(=O)N4CCN(Cc5ccccc5)CC4)cc3)nc2c1. The number of carbonyl (C=O) groups is 1. The van der Waals surface area contributed by atoms with E-state index < -0.39 is 0 Å². The number of thioether (sulfide) groups is 1. The van der Waals surface area contributed by atoms with Crippen LogP contribution in [0.1, 0.15) is 27.0 Å². The third-order valence-electron chi connectivity index (χ3n) is 6.00. The van der Waals surface area contributed by atoms with E-state index in [9.17, 15) is 4.79 Å². The highest BCUT2D eigenvalue weighted by molar-refractivity contribution is 7.98. The summed E-state index contributed by atoms with van der Waals surface area (Å²) in [5.74, 6) is 0.862. The molecule has 0 unspecified atom stereocenters. The number of hydrogen-bond acceptors (Lipinski definition) is 5. The number of aryl methyl sites for hydroxylation is 1. The second-order valence-corrected chi connectivity index (χ2v) is 9.42. The lowest BCUT2D eigenvalue weighted by molar-refractivity contribution is 0.0628. The number of aromatic nitrogens is 1. The van der Waals surface area contributed by atoms with Gasteiger partial charge in [-0.2, -0.15) is 0 Å². The van der Waals surface area contributed by atoms with E-state index in [1.54, 1.807) is 11.8 Å². The van der Waals surface area contributed by atoms with E-state index in [0.29, 0.717) is 5.22 Å². The van der Waals surface area contributed by atoms with Gasteiger partial charge in [0, 0.05) is 44.0 Å². The van der Waals surface area contributed by atoms with Gasteiger partial charge in [0.2, 0.25) is 0 Å². The maximum Gasteiger partial charge on any atom is 0.257 e. The minimum atomic E-state index is 0.114. The number of amides is 1. The van der Waals surface area contributed by atoms with Crippen LogP contribution in [0.2, 0.25) is 0 Å². The summed E-state index contributed by atoms with van der Waals surface area (Å²) in [6.07, 6.45) is 0. The maximum atomic E-state index is 13.0. The lowest BCUT2D eigenvalue weighted by atomic mass is 10.1. The van der Waals surface area contributed by atoms with Gasteiger partial charge in [0.05, 0.1) is 0 Å². The van der Waals surface area contributed by atoms with Crippen LogP contribution in [0.3, 0.4) is 0 Å². The Bertz CT molecular complexity index is 1230. The summed E-state index contributed by atoms with van der Waals surface area (Å²) in [7, 11) is 0. The molecular formula is C27H27N3O2S. The second kappa shape index (κ2) is 9.81. The molecule has 0 atom stereocenters. The standard InChI is InChI=1S/C27H27N3O2S/c1-20-7-12-25-24(17-20)28-27(32-25)33-19-22-8-10-23(11-9-22)26(31)30-15-13-29(14-16-30)18-21-5-3-2-4-6-21/h2-12,17H,13-16,18-19H2,1H3. The molecule has 4 aromatic rings. The van der Waals surface area contributed by atoms with Gasteiger partial charge in [-0.3, -0.25) is 9.69 Å². The van der Waals surface area contributed by atoms with Gasteiger partial charge in [0.25, 0.3) is 11.1 Å². The third kappa shape index (κ3) is 5.29.